The Balaban J connectivity index is 2.03. The number of nitrogens with one attached hydrogen (secondary N) is 2. The summed E-state index contributed by atoms with van der Waals surface area (Å²) in [6.45, 7) is -0.490. The molecule has 2 N–H and O–H groups in total. The number of nitriles is 1. The van der Waals surface area contributed by atoms with Gasteiger partial charge < -0.3 is 14.2 Å². The average Bonchev–Trinajstić information content (AvgIpc) is 2.70. The van der Waals surface area contributed by atoms with Gasteiger partial charge >= 0.3 is 0 Å². The molecule has 1 amide bonds. The molecule has 9 nitrogen and oxygen atoms in total. The zero-order valence-electron chi connectivity index (χ0n) is 14.6. The van der Waals surface area contributed by atoms with Gasteiger partial charge in [-0.25, -0.2) is 8.42 Å². The lowest BCUT2D eigenvalue weighted by molar-refractivity contribution is -0.123. The molecule has 0 saturated heterocycles. The van der Waals surface area contributed by atoms with Crippen LogP contribution in [0.2, 0.25) is 0 Å². The first-order valence-electron chi connectivity index (χ1n) is 7.56. The van der Waals surface area contributed by atoms with Crippen molar-refractivity contribution in [3.05, 3.63) is 48.0 Å². The summed E-state index contributed by atoms with van der Waals surface area (Å²) in [5.74, 6) is -0.156. The molecule has 10 heteroatoms. The van der Waals surface area contributed by atoms with Crippen molar-refractivity contribution < 1.29 is 27.4 Å². The Morgan fingerprint density at radius 1 is 1.11 bits per heavy atom. The van der Waals surface area contributed by atoms with Crippen LogP contribution in [0, 0.1) is 11.3 Å². The molecule has 0 spiro atoms. The van der Waals surface area contributed by atoms with Crippen LogP contribution in [0.1, 0.15) is 5.56 Å². The zero-order valence-corrected chi connectivity index (χ0v) is 15.4. The zero-order chi connectivity index (χ0) is 19.9. The number of hydrogen-bond acceptors (Lipinski definition) is 7. The number of ether oxygens (including phenoxy) is 3. The highest BCUT2D eigenvalue weighted by Crippen LogP contribution is 2.27. The van der Waals surface area contributed by atoms with Gasteiger partial charge in [-0.2, -0.15) is 5.26 Å². The number of carbonyl (C=O) groups is 1. The SMILES string of the molecule is COc1ccc(OC)c(S(=O)(=O)NNC(=O)COc2ccccc2C#N)c1. The number of benzene rings is 2. The minimum atomic E-state index is -4.12. The van der Waals surface area contributed by atoms with Gasteiger partial charge in [-0.1, -0.05) is 12.1 Å². The number of carbonyl (C=O) groups excluding carboxylic acids is 1. The molecule has 0 unspecified atom stereocenters. The van der Waals surface area contributed by atoms with Crippen LogP contribution >= 0.6 is 0 Å². The van der Waals surface area contributed by atoms with Crippen molar-refractivity contribution in [1.29, 1.82) is 5.26 Å². The van der Waals surface area contributed by atoms with E-state index in [-0.39, 0.29) is 22.0 Å². The fourth-order valence-corrected chi connectivity index (χ4v) is 3.08. The van der Waals surface area contributed by atoms with E-state index in [1.54, 1.807) is 12.1 Å². The third-order valence-corrected chi connectivity index (χ3v) is 4.62. The van der Waals surface area contributed by atoms with E-state index in [4.69, 9.17) is 19.5 Å². The van der Waals surface area contributed by atoms with Gasteiger partial charge in [0, 0.05) is 6.07 Å². The van der Waals surface area contributed by atoms with Crippen molar-refractivity contribution >= 4 is 15.9 Å². The molecule has 2 aromatic rings. The minimum absolute atomic E-state index is 0.0803. The van der Waals surface area contributed by atoms with Crippen molar-refractivity contribution in [2.75, 3.05) is 20.8 Å². The number of para-hydroxylation sites is 1. The van der Waals surface area contributed by atoms with Gasteiger partial charge in [-0.3, -0.25) is 10.2 Å². The van der Waals surface area contributed by atoms with Gasteiger partial charge in [0.25, 0.3) is 15.9 Å². The van der Waals surface area contributed by atoms with Gasteiger partial charge in [0.15, 0.2) is 6.61 Å². The second-order valence-electron chi connectivity index (χ2n) is 5.07. The van der Waals surface area contributed by atoms with Crippen molar-refractivity contribution in [1.82, 2.24) is 10.3 Å². The number of nitrogens with zero attached hydrogens (tertiary/aromatic N) is 1. The first kappa shape index (κ1) is 20.0. The summed E-state index contributed by atoms with van der Waals surface area (Å²) in [5.41, 5.74) is 2.29. The number of rotatable bonds is 8. The molecule has 0 heterocycles. The quantitative estimate of drug-likeness (QED) is 0.642. The number of sulfonamides is 1. The van der Waals surface area contributed by atoms with Gasteiger partial charge in [-0.15, -0.1) is 4.83 Å². The molecule has 2 rings (SSSR count). The summed E-state index contributed by atoms with van der Waals surface area (Å²) in [6, 6.07) is 12.5. The Bertz CT molecular complexity index is 969. The largest absolute Gasteiger partial charge is 0.497 e. The Kier molecular flexibility index (Phi) is 6.59. The van der Waals surface area contributed by atoms with Gasteiger partial charge in [0.1, 0.15) is 28.2 Å². The Hall–Kier alpha value is -3.29. The standard InChI is InChI=1S/C17H17N3O6S/c1-24-13-7-8-15(25-2)16(9-13)27(22,23)20-19-17(21)11-26-14-6-4-3-5-12(14)10-18/h3-9,20H,11H2,1-2H3,(H,19,21). The van der Waals surface area contributed by atoms with Crippen LogP contribution in [0.25, 0.3) is 0 Å². The third-order valence-electron chi connectivity index (χ3n) is 3.35. The summed E-state index contributed by atoms with van der Waals surface area (Å²) in [5, 5.41) is 8.97. The van der Waals surface area contributed by atoms with Crippen LogP contribution in [0.4, 0.5) is 0 Å². The molecule has 0 bridgehead atoms. The van der Waals surface area contributed by atoms with Crippen molar-refractivity contribution in [3.63, 3.8) is 0 Å². The number of amides is 1. The van der Waals surface area contributed by atoms with Gasteiger partial charge in [-0.05, 0) is 24.3 Å². The Morgan fingerprint density at radius 3 is 2.52 bits per heavy atom. The summed E-state index contributed by atoms with van der Waals surface area (Å²) in [7, 11) is -1.41. The number of methoxy groups -OCH3 is 2. The van der Waals surface area contributed by atoms with Crippen LogP contribution in [0.5, 0.6) is 17.2 Å². The maximum atomic E-state index is 12.4. The summed E-state index contributed by atoms with van der Waals surface area (Å²) in [6.07, 6.45) is 0. The Labute approximate surface area is 156 Å². The second-order valence-corrected chi connectivity index (χ2v) is 6.72. The fourth-order valence-electron chi connectivity index (χ4n) is 2.04. The highest BCUT2D eigenvalue weighted by molar-refractivity contribution is 7.89. The predicted molar refractivity (Wildman–Crippen MR) is 94.7 cm³/mol. The first-order valence-corrected chi connectivity index (χ1v) is 9.04. The second kappa shape index (κ2) is 8.88. The lowest BCUT2D eigenvalue weighted by Gasteiger charge is -2.13. The summed E-state index contributed by atoms with van der Waals surface area (Å²) < 4.78 is 40.1. The van der Waals surface area contributed by atoms with Gasteiger partial charge in [0.2, 0.25) is 0 Å². The van der Waals surface area contributed by atoms with E-state index in [2.05, 4.69) is 0 Å². The molecular formula is C17H17N3O6S. The lowest BCUT2D eigenvalue weighted by Crippen LogP contribution is -2.43. The maximum absolute atomic E-state index is 12.4. The van der Waals surface area contributed by atoms with Crippen LogP contribution in [-0.4, -0.2) is 35.2 Å². The smallest absolute Gasteiger partial charge is 0.272 e. The Morgan fingerprint density at radius 2 is 1.85 bits per heavy atom. The third kappa shape index (κ3) is 5.10. The van der Waals surface area contributed by atoms with Crippen molar-refractivity contribution in [2.45, 2.75) is 4.90 Å². The molecule has 0 fully saturated rings. The lowest BCUT2D eigenvalue weighted by atomic mass is 10.2. The predicted octanol–water partition coefficient (Wildman–Crippen LogP) is 0.964. The molecule has 142 valence electrons. The molecule has 2 aromatic carbocycles. The van der Waals surface area contributed by atoms with E-state index >= 15 is 0 Å². The van der Waals surface area contributed by atoms with E-state index in [0.717, 1.165) is 0 Å². The van der Waals surface area contributed by atoms with Crippen molar-refractivity contribution in [2.24, 2.45) is 0 Å². The fraction of sp³-hybridized carbons (Fsp3) is 0.176. The van der Waals surface area contributed by atoms with E-state index in [1.807, 2.05) is 16.3 Å². The molecular weight excluding hydrogens is 374 g/mol. The normalized spacial score (nSPS) is 10.6. The van der Waals surface area contributed by atoms with Crippen LogP contribution in [-0.2, 0) is 14.8 Å². The molecule has 0 radical (unpaired) electrons. The number of hydrazine groups is 1. The first-order chi connectivity index (χ1) is 12.9. The maximum Gasteiger partial charge on any atom is 0.272 e. The molecule has 0 aliphatic heterocycles. The molecule has 0 aliphatic rings. The van der Waals surface area contributed by atoms with E-state index < -0.39 is 22.5 Å². The van der Waals surface area contributed by atoms with Crippen molar-refractivity contribution in [3.8, 4) is 23.3 Å². The summed E-state index contributed by atoms with van der Waals surface area (Å²) in [4.78, 5) is 13.6. The average molecular weight is 391 g/mol. The molecule has 27 heavy (non-hydrogen) atoms. The molecule has 0 saturated carbocycles. The topological polar surface area (TPSA) is 127 Å². The van der Waals surface area contributed by atoms with E-state index in [1.165, 1.54) is 44.6 Å². The van der Waals surface area contributed by atoms with Crippen LogP contribution in [0.3, 0.4) is 0 Å². The summed E-state index contributed by atoms with van der Waals surface area (Å²) >= 11 is 0. The molecule has 0 aliphatic carbocycles. The van der Waals surface area contributed by atoms with E-state index in [9.17, 15) is 13.2 Å². The highest BCUT2D eigenvalue weighted by Gasteiger charge is 2.21. The minimum Gasteiger partial charge on any atom is -0.497 e. The highest BCUT2D eigenvalue weighted by atomic mass is 32.2. The van der Waals surface area contributed by atoms with E-state index in [0.29, 0.717) is 5.75 Å². The van der Waals surface area contributed by atoms with Gasteiger partial charge in [0.05, 0.1) is 19.8 Å². The number of hydrogen-bond donors (Lipinski definition) is 2. The van der Waals surface area contributed by atoms with Crippen LogP contribution in [0.15, 0.2) is 47.4 Å². The van der Waals surface area contributed by atoms with Crippen LogP contribution < -0.4 is 24.5 Å². The molecule has 0 atom stereocenters. The monoisotopic (exact) mass is 391 g/mol. The molecule has 0 aromatic heterocycles.